The molecule has 1 aromatic heterocycles. The number of hydrogen-bond donors (Lipinski definition) is 2. The van der Waals surface area contributed by atoms with E-state index in [0.29, 0.717) is 0 Å². The van der Waals surface area contributed by atoms with Crippen molar-refractivity contribution in [2.24, 2.45) is 11.7 Å². The Morgan fingerprint density at radius 1 is 1.44 bits per heavy atom. The molecule has 0 bridgehead atoms. The van der Waals surface area contributed by atoms with Gasteiger partial charge in [-0.2, -0.15) is 0 Å². The zero-order valence-corrected chi connectivity index (χ0v) is 11.4. The Bertz CT molecular complexity index is 315. The molecular formula is C14H26N4. The Labute approximate surface area is 110 Å². The van der Waals surface area contributed by atoms with Gasteiger partial charge in [0.25, 0.3) is 0 Å². The number of H-pyrrole nitrogens is 1. The highest BCUT2D eigenvalue weighted by atomic mass is 15.1. The average molecular weight is 250 g/mol. The van der Waals surface area contributed by atoms with Crippen molar-refractivity contribution in [1.82, 2.24) is 14.8 Å². The lowest BCUT2D eigenvalue weighted by atomic mass is 9.96. The Hall–Kier alpha value is -0.840. The van der Waals surface area contributed by atoms with Crippen molar-refractivity contribution in [2.45, 2.75) is 19.4 Å². The molecule has 18 heavy (non-hydrogen) atoms. The number of nitrogens with zero attached hydrogens (tertiary/aromatic N) is 2. The molecule has 1 aliphatic heterocycles. The number of aromatic amines is 1. The van der Waals surface area contributed by atoms with E-state index >= 15 is 0 Å². The first-order chi connectivity index (χ1) is 8.78. The van der Waals surface area contributed by atoms with Crippen LogP contribution in [0.1, 0.15) is 18.4 Å². The maximum absolute atomic E-state index is 5.60. The van der Waals surface area contributed by atoms with Gasteiger partial charge in [-0.25, -0.2) is 0 Å². The van der Waals surface area contributed by atoms with Gasteiger partial charge in [0.05, 0.1) is 0 Å². The summed E-state index contributed by atoms with van der Waals surface area (Å²) in [5.74, 6) is 0.850. The molecule has 0 saturated carbocycles. The van der Waals surface area contributed by atoms with Crippen molar-refractivity contribution in [3.8, 4) is 0 Å². The Morgan fingerprint density at radius 2 is 2.22 bits per heavy atom. The summed E-state index contributed by atoms with van der Waals surface area (Å²) in [6.07, 6.45) is 6.71. The smallest absolute Gasteiger partial charge is 0.0245 e. The quantitative estimate of drug-likeness (QED) is 0.795. The molecular weight excluding hydrogens is 224 g/mol. The van der Waals surface area contributed by atoms with Crippen LogP contribution in [0.4, 0.5) is 0 Å². The minimum Gasteiger partial charge on any atom is -0.367 e. The second-order valence-corrected chi connectivity index (χ2v) is 5.49. The molecule has 2 rings (SSSR count). The van der Waals surface area contributed by atoms with Crippen LogP contribution in [0, 0.1) is 5.92 Å². The van der Waals surface area contributed by atoms with E-state index < -0.39 is 0 Å². The molecule has 3 N–H and O–H groups in total. The van der Waals surface area contributed by atoms with Crippen molar-refractivity contribution in [1.29, 1.82) is 0 Å². The van der Waals surface area contributed by atoms with Crippen LogP contribution in [0.3, 0.4) is 0 Å². The monoisotopic (exact) mass is 250 g/mol. The number of nitrogens with two attached hydrogens (primary N) is 1. The molecule has 2 heterocycles. The van der Waals surface area contributed by atoms with Crippen molar-refractivity contribution >= 4 is 0 Å². The Morgan fingerprint density at radius 3 is 2.83 bits per heavy atom. The third kappa shape index (κ3) is 4.12. The minimum absolute atomic E-state index is 0.790. The van der Waals surface area contributed by atoms with Gasteiger partial charge in [0.2, 0.25) is 0 Å². The van der Waals surface area contributed by atoms with Crippen LogP contribution < -0.4 is 5.73 Å². The first-order valence-electron chi connectivity index (χ1n) is 7.00. The first-order valence-corrected chi connectivity index (χ1v) is 7.00. The molecule has 0 radical (unpaired) electrons. The largest absolute Gasteiger partial charge is 0.367 e. The summed E-state index contributed by atoms with van der Waals surface area (Å²) in [5, 5.41) is 0. The van der Waals surface area contributed by atoms with Gasteiger partial charge in [0.1, 0.15) is 0 Å². The van der Waals surface area contributed by atoms with Gasteiger partial charge >= 0.3 is 0 Å². The van der Waals surface area contributed by atoms with Gasteiger partial charge in [0, 0.05) is 38.6 Å². The predicted molar refractivity (Wildman–Crippen MR) is 75.3 cm³/mol. The molecule has 102 valence electrons. The van der Waals surface area contributed by atoms with Gasteiger partial charge in [-0.05, 0) is 50.5 Å². The fourth-order valence-electron chi connectivity index (χ4n) is 2.85. The lowest BCUT2D eigenvalue weighted by Crippen LogP contribution is -2.39. The highest BCUT2D eigenvalue weighted by Crippen LogP contribution is 2.18. The van der Waals surface area contributed by atoms with Crippen LogP contribution in [-0.4, -0.2) is 54.6 Å². The van der Waals surface area contributed by atoms with Crippen LogP contribution in [-0.2, 0) is 6.54 Å². The molecule has 0 unspecified atom stereocenters. The molecule has 1 saturated heterocycles. The lowest BCUT2D eigenvalue weighted by Gasteiger charge is -2.33. The number of aromatic nitrogens is 1. The Kier molecular flexibility index (Phi) is 5.23. The molecule has 0 aliphatic carbocycles. The molecule has 0 spiro atoms. The fourth-order valence-corrected chi connectivity index (χ4v) is 2.85. The molecule has 0 aromatic carbocycles. The molecule has 0 amide bonds. The molecule has 1 aliphatic rings. The van der Waals surface area contributed by atoms with E-state index in [0.717, 1.165) is 25.6 Å². The minimum atomic E-state index is 0.790. The van der Waals surface area contributed by atoms with Gasteiger partial charge in [0.15, 0.2) is 0 Å². The highest BCUT2D eigenvalue weighted by Gasteiger charge is 2.19. The van der Waals surface area contributed by atoms with E-state index in [2.05, 4.69) is 34.1 Å². The summed E-state index contributed by atoms with van der Waals surface area (Å²) in [7, 11) is 2.22. The molecule has 4 nitrogen and oxygen atoms in total. The fraction of sp³-hybridized carbons (Fsp3) is 0.714. The Balaban J connectivity index is 1.68. The van der Waals surface area contributed by atoms with Crippen molar-refractivity contribution in [3.05, 3.63) is 24.0 Å². The summed E-state index contributed by atoms with van der Waals surface area (Å²) >= 11 is 0. The number of likely N-dealkylation sites (tertiary alicyclic amines) is 1. The number of hydrogen-bond acceptors (Lipinski definition) is 3. The summed E-state index contributed by atoms with van der Waals surface area (Å²) in [5.41, 5.74) is 6.97. The molecule has 4 heteroatoms. The third-order valence-electron chi connectivity index (χ3n) is 3.84. The highest BCUT2D eigenvalue weighted by molar-refractivity contribution is 5.07. The van der Waals surface area contributed by atoms with Crippen molar-refractivity contribution in [3.63, 3.8) is 0 Å². The maximum Gasteiger partial charge on any atom is 0.0245 e. The summed E-state index contributed by atoms with van der Waals surface area (Å²) in [6, 6.07) is 2.15. The van der Waals surface area contributed by atoms with E-state index in [9.17, 15) is 0 Å². The SMILES string of the molecule is CN(Cc1cc[nH]c1)CC1CCN(CCN)CC1. The van der Waals surface area contributed by atoms with E-state index in [1.54, 1.807) is 0 Å². The maximum atomic E-state index is 5.60. The first kappa shape index (κ1) is 13.6. The number of rotatable bonds is 6. The van der Waals surface area contributed by atoms with Crippen LogP contribution in [0.5, 0.6) is 0 Å². The predicted octanol–water partition coefficient (Wildman–Crippen LogP) is 1.12. The normalized spacial score (nSPS) is 18.6. The summed E-state index contributed by atoms with van der Waals surface area (Å²) < 4.78 is 0. The van der Waals surface area contributed by atoms with E-state index in [4.69, 9.17) is 5.73 Å². The van der Waals surface area contributed by atoms with Gasteiger partial charge < -0.3 is 20.5 Å². The zero-order valence-electron chi connectivity index (χ0n) is 11.4. The van der Waals surface area contributed by atoms with Crippen molar-refractivity contribution < 1.29 is 0 Å². The standard InChI is InChI=1S/C14H26N4/c1-17(12-14-2-6-16-10-14)11-13-3-7-18(8-4-13)9-5-15/h2,6,10,13,16H,3-5,7-9,11-12,15H2,1H3. The van der Waals surface area contributed by atoms with Gasteiger partial charge in [-0.3, -0.25) is 0 Å². The van der Waals surface area contributed by atoms with Gasteiger partial charge in [-0.15, -0.1) is 0 Å². The summed E-state index contributed by atoms with van der Waals surface area (Å²) in [4.78, 5) is 8.04. The topological polar surface area (TPSA) is 48.3 Å². The molecule has 0 atom stereocenters. The van der Waals surface area contributed by atoms with E-state index in [1.807, 2.05) is 6.20 Å². The van der Waals surface area contributed by atoms with Crippen LogP contribution in [0.15, 0.2) is 18.5 Å². The van der Waals surface area contributed by atoms with Crippen LogP contribution >= 0.6 is 0 Å². The number of nitrogens with one attached hydrogen (secondary N) is 1. The second-order valence-electron chi connectivity index (χ2n) is 5.49. The van der Waals surface area contributed by atoms with Crippen molar-refractivity contribution in [2.75, 3.05) is 39.8 Å². The van der Waals surface area contributed by atoms with Crippen LogP contribution in [0.2, 0.25) is 0 Å². The number of piperidine rings is 1. The summed E-state index contributed by atoms with van der Waals surface area (Å²) in [6.45, 7) is 6.55. The van der Waals surface area contributed by atoms with E-state index in [-0.39, 0.29) is 0 Å². The molecule has 1 aromatic rings. The van der Waals surface area contributed by atoms with E-state index in [1.165, 1.54) is 38.0 Å². The molecule has 1 fully saturated rings. The second kappa shape index (κ2) is 6.92. The third-order valence-corrected chi connectivity index (χ3v) is 3.84. The van der Waals surface area contributed by atoms with Gasteiger partial charge in [-0.1, -0.05) is 0 Å². The van der Waals surface area contributed by atoms with Crippen LogP contribution in [0.25, 0.3) is 0 Å². The lowest BCUT2D eigenvalue weighted by molar-refractivity contribution is 0.155. The average Bonchev–Trinajstić information content (AvgIpc) is 2.84. The zero-order chi connectivity index (χ0) is 12.8.